The summed E-state index contributed by atoms with van der Waals surface area (Å²) in [5.74, 6) is -4.62. The number of nitrogens with two attached hydrogens (primary N) is 1. The number of halogens is 3. The van der Waals surface area contributed by atoms with Crippen LogP contribution in [0.25, 0.3) is 0 Å². The van der Waals surface area contributed by atoms with Gasteiger partial charge in [-0.05, 0) is 43.2 Å². The number of hydrogen-bond donors (Lipinski definition) is 2. The average Bonchev–Trinajstić information content (AvgIpc) is 2.99. The molecule has 1 heterocycles. The highest BCUT2D eigenvalue weighted by Gasteiger charge is 2.47. The summed E-state index contributed by atoms with van der Waals surface area (Å²) >= 11 is 0. The molecule has 4 atom stereocenters. The first-order chi connectivity index (χ1) is 12.8. The first-order valence-corrected chi connectivity index (χ1v) is 9.21. The van der Waals surface area contributed by atoms with E-state index in [9.17, 15) is 27.9 Å². The molecule has 2 aliphatic rings. The highest BCUT2D eigenvalue weighted by molar-refractivity contribution is 5.85. The Morgan fingerprint density at radius 2 is 1.81 bits per heavy atom. The number of carboxylic acids is 1. The van der Waals surface area contributed by atoms with Crippen LogP contribution in [0.3, 0.4) is 0 Å². The molecule has 5 nitrogen and oxygen atoms in total. The fourth-order valence-electron chi connectivity index (χ4n) is 4.44. The number of amides is 1. The van der Waals surface area contributed by atoms with Gasteiger partial charge >= 0.3 is 5.97 Å². The molecule has 1 aliphatic carbocycles. The second-order valence-corrected chi connectivity index (χ2v) is 7.53. The van der Waals surface area contributed by atoms with Crippen LogP contribution in [-0.4, -0.2) is 40.0 Å². The summed E-state index contributed by atoms with van der Waals surface area (Å²) < 4.78 is 40.1. The van der Waals surface area contributed by atoms with E-state index in [2.05, 4.69) is 0 Å². The molecule has 1 saturated heterocycles. The number of carbonyl (C=O) groups is 2. The summed E-state index contributed by atoms with van der Waals surface area (Å²) in [5.41, 5.74) is 5.83. The van der Waals surface area contributed by atoms with Gasteiger partial charge in [0, 0.05) is 24.6 Å². The van der Waals surface area contributed by atoms with E-state index in [4.69, 9.17) is 5.73 Å². The minimum Gasteiger partial charge on any atom is -0.480 e. The topological polar surface area (TPSA) is 83.6 Å². The van der Waals surface area contributed by atoms with Crippen molar-refractivity contribution in [1.82, 2.24) is 4.90 Å². The Hall–Kier alpha value is -2.09. The van der Waals surface area contributed by atoms with Gasteiger partial charge in [0.1, 0.15) is 11.9 Å². The number of nitrogens with zero attached hydrogens (tertiary/aromatic N) is 1. The van der Waals surface area contributed by atoms with E-state index < -0.39 is 35.5 Å². The van der Waals surface area contributed by atoms with Crippen LogP contribution in [0.15, 0.2) is 12.1 Å². The van der Waals surface area contributed by atoms with Crippen LogP contribution in [-0.2, 0) is 16.0 Å². The molecular formula is C19H23F3N2O3. The molecule has 0 radical (unpaired) electrons. The van der Waals surface area contributed by atoms with E-state index in [0.717, 1.165) is 31.7 Å². The summed E-state index contributed by atoms with van der Waals surface area (Å²) in [4.78, 5) is 25.8. The molecule has 27 heavy (non-hydrogen) atoms. The van der Waals surface area contributed by atoms with Gasteiger partial charge in [-0.3, -0.25) is 4.79 Å². The van der Waals surface area contributed by atoms with Gasteiger partial charge in [-0.25, -0.2) is 18.0 Å². The van der Waals surface area contributed by atoms with Crippen molar-refractivity contribution in [2.45, 2.75) is 63.1 Å². The largest absolute Gasteiger partial charge is 0.480 e. The first-order valence-electron chi connectivity index (χ1n) is 9.21. The van der Waals surface area contributed by atoms with Crippen molar-refractivity contribution in [2.75, 3.05) is 0 Å². The molecule has 0 unspecified atom stereocenters. The minimum absolute atomic E-state index is 0.0976. The van der Waals surface area contributed by atoms with E-state index in [1.54, 1.807) is 0 Å². The molecule has 1 amide bonds. The second-order valence-electron chi connectivity index (χ2n) is 7.53. The van der Waals surface area contributed by atoms with E-state index in [0.29, 0.717) is 12.5 Å². The normalized spacial score (nSPS) is 25.9. The van der Waals surface area contributed by atoms with Crippen LogP contribution in [0.5, 0.6) is 0 Å². The lowest BCUT2D eigenvalue weighted by Gasteiger charge is -2.33. The zero-order chi connectivity index (χ0) is 19.7. The minimum atomic E-state index is -1.29. The van der Waals surface area contributed by atoms with Crippen LogP contribution in [0.2, 0.25) is 0 Å². The third kappa shape index (κ3) is 4.10. The van der Waals surface area contributed by atoms with Crippen molar-refractivity contribution < 1.29 is 27.9 Å². The highest BCUT2D eigenvalue weighted by atomic mass is 19.2. The summed E-state index contributed by atoms with van der Waals surface area (Å²) in [6.45, 7) is 0. The van der Waals surface area contributed by atoms with Crippen LogP contribution < -0.4 is 5.73 Å². The number of fused-ring (bicyclic) bond motifs is 1. The number of aliphatic carboxylic acids is 1. The number of likely N-dealkylation sites (tertiary alicyclic amines) is 1. The maximum atomic E-state index is 13.8. The summed E-state index contributed by atoms with van der Waals surface area (Å²) in [6, 6.07) is -0.597. The lowest BCUT2D eigenvalue weighted by Crippen LogP contribution is -2.48. The lowest BCUT2D eigenvalue weighted by molar-refractivity contribution is -0.150. The maximum Gasteiger partial charge on any atom is 0.326 e. The van der Waals surface area contributed by atoms with Gasteiger partial charge < -0.3 is 15.7 Å². The Labute approximate surface area is 155 Å². The van der Waals surface area contributed by atoms with Crippen molar-refractivity contribution in [2.24, 2.45) is 11.7 Å². The summed E-state index contributed by atoms with van der Waals surface area (Å²) in [7, 11) is 0. The van der Waals surface area contributed by atoms with Crippen LogP contribution in [0.1, 0.15) is 44.1 Å². The van der Waals surface area contributed by atoms with Crippen molar-refractivity contribution in [1.29, 1.82) is 0 Å². The Morgan fingerprint density at radius 3 is 2.52 bits per heavy atom. The fourth-order valence-corrected chi connectivity index (χ4v) is 4.44. The number of benzene rings is 1. The van der Waals surface area contributed by atoms with Gasteiger partial charge in [-0.15, -0.1) is 0 Å². The molecule has 0 bridgehead atoms. The summed E-state index contributed by atoms with van der Waals surface area (Å²) in [5, 5.41) is 9.49. The number of hydrogen-bond acceptors (Lipinski definition) is 3. The van der Waals surface area contributed by atoms with E-state index in [-0.39, 0.29) is 36.3 Å². The molecular weight excluding hydrogens is 361 g/mol. The smallest absolute Gasteiger partial charge is 0.326 e. The third-order valence-electron chi connectivity index (χ3n) is 5.67. The molecule has 1 aromatic carbocycles. The SMILES string of the molecule is N[C@@H](CC(=O)N1[C@H](C(=O)O)C[C@@H]2CCCC[C@@H]21)Cc1cc(F)c(F)cc1F. The molecule has 0 spiro atoms. The van der Waals surface area contributed by atoms with Crippen molar-refractivity contribution >= 4 is 11.9 Å². The molecule has 1 aliphatic heterocycles. The zero-order valence-corrected chi connectivity index (χ0v) is 14.8. The van der Waals surface area contributed by atoms with Gasteiger partial charge in [0.2, 0.25) is 5.91 Å². The predicted octanol–water partition coefficient (Wildman–Crippen LogP) is 2.61. The first kappa shape index (κ1) is 19.7. The molecule has 3 rings (SSSR count). The second kappa shape index (κ2) is 7.88. The van der Waals surface area contributed by atoms with E-state index in [1.165, 1.54) is 4.90 Å². The maximum absolute atomic E-state index is 13.8. The van der Waals surface area contributed by atoms with Gasteiger partial charge in [0.05, 0.1) is 0 Å². The lowest BCUT2D eigenvalue weighted by atomic mass is 9.84. The fraction of sp³-hybridized carbons (Fsp3) is 0.579. The van der Waals surface area contributed by atoms with Crippen molar-refractivity contribution in [3.63, 3.8) is 0 Å². The molecule has 148 valence electrons. The summed E-state index contributed by atoms with van der Waals surface area (Å²) in [6.07, 6.45) is 3.78. The standard InChI is InChI=1S/C19H23F3N2O3/c20-13-9-15(22)14(21)6-11(13)5-12(23)8-18(25)24-16-4-2-1-3-10(16)7-17(24)19(26)27/h6,9-10,12,16-17H,1-5,7-8,23H2,(H,26,27)/t10-,12+,16-,17-/m0/s1. The van der Waals surface area contributed by atoms with Crippen molar-refractivity contribution in [3.05, 3.63) is 35.1 Å². The molecule has 1 saturated carbocycles. The molecule has 8 heteroatoms. The Morgan fingerprint density at radius 1 is 1.15 bits per heavy atom. The van der Waals surface area contributed by atoms with Gasteiger partial charge in [-0.2, -0.15) is 0 Å². The van der Waals surface area contributed by atoms with Gasteiger partial charge in [0.25, 0.3) is 0 Å². The Balaban J connectivity index is 1.69. The van der Waals surface area contributed by atoms with E-state index in [1.807, 2.05) is 0 Å². The van der Waals surface area contributed by atoms with Gasteiger partial charge in [0.15, 0.2) is 11.6 Å². The average molecular weight is 384 g/mol. The quantitative estimate of drug-likeness (QED) is 0.765. The monoisotopic (exact) mass is 384 g/mol. The predicted molar refractivity (Wildman–Crippen MR) is 91.2 cm³/mol. The molecule has 2 fully saturated rings. The number of carboxylic acid groups (broad SMARTS) is 1. The van der Waals surface area contributed by atoms with Crippen LogP contribution in [0.4, 0.5) is 13.2 Å². The van der Waals surface area contributed by atoms with Crippen LogP contribution in [0, 0.1) is 23.4 Å². The molecule has 3 N–H and O–H groups in total. The van der Waals surface area contributed by atoms with Gasteiger partial charge in [-0.1, -0.05) is 12.8 Å². The van der Waals surface area contributed by atoms with Crippen molar-refractivity contribution in [3.8, 4) is 0 Å². The molecule has 0 aromatic heterocycles. The number of rotatable bonds is 5. The molecule has 1 aromatic rings. The third-order valence-corrected chi connectivity index (χ3v) is 5.67. The number of carbonyl (C=O) groups excluding carboxylic acids is 1. The highest BCUT2D eigenvalue weighted by Crippen LogP contribution is 2.40. The Bertz CT molecular complexity index is 743. The van der Waals surface area contributed by atoms with E-state index >= 15 is 0 Å². The van der Waals surface area contributed by atoms with Crippen LogP contribution >= 0.6 is 0 Å². The Kier molecular flexibility index (Phi) is 5.74. The zero-order valence-electron chi connectivity index (χ0n) is 14.8.